The zero-order valence-corrected chi connectivity index (χ0v) is 11.9. The molecular formula is C19H22. The highest BCUT2D eigenvalue weighted by atomic mass is 14.0. The van der Waals surface area contributed by atoms with Crippen molar-refractivity contribution < 1.29 is 0 Å². The molecule has 0 N–H and O–H groups in total. The van der Waals surface area contributed by atoms with Crippen LogP contribution in [0.4, 0.5) is 0 Å². The van der Waals surface area contributed by atoms with E-state index in [0.717, 1.165) is 0 Å². The Morgan fingerprint density at radius 1 is 0.789 bits per heavy atom. The predicted molar refractivity (Wildman–Crippen MR) is 85.2 cm³/mol. The zero-order valence-electron chi connectivity index (χ0n) is 11.9. The summed E-state index contributed by atoms with van der Waals surface area (Å²) in [5.74, 6) is 0. The van der Waals surface area contributed by atoms with E-state index in [4.69, 9.17) is 0 Å². The molecule has 0 heteroatoms. The summed E-state index contributed by atoms with van der Waals surface area (Å²) in [4.78, 5) is 0. The predicted octanol–water partition coefficient (Wildman–Crippen LogP) is 5.51. The molecule has 0 saturated heterocycles. The van der Waals surface area contributed by atoms with Gasteiger partial charge in [0.15, 0.2) is 0 Å². The topological polar surface area (TPSA) is 0 Å². The van der Waals surface area contributed by atoms with Gasteiger partial charge in [-0.2, -0.15) is 0 Å². The van der Waals surface area contributed by atoms with E-state index < -0.39 is 0 Å². The Kier molecular flexibility index (Phi) is 4.97. The lowest BCUT2D eigenvalue weighted by atomic mass is 10.1. The van der Waals surface area contributed by atoms with Crippen molar-refractivity contribution in [2.45, 2.75) is 33.1 Å². The molecule has 0 atom stereocenters. The Morgan fingerprint density at radius 2 is 1.32 bits per heavy atom. The normalized spacial score (nSPS) is 11.1. The highest BCUT2D eigenvalue weighted by molar-refractivity contribution is 5.69. The lowest BCUT2D eigenvalue weighted by molar-refractivity contribution is 0.795. The molecule has 0 radical (unpaired) electrons. The first kappa shape index (κ1) is 13.6. The first-order chi connectivity index (χ1) is 9.28. The van der Waals surface area contributed by atoms with Gasteiger partial charge < -0.3 is 0 Å². The summed E-state index contributed by atoms with van der Waals surface area (Å²) in [6.07, 6.45) is 8.07. The summed E-state index contributed by atoms with van der Waals surface area (Å²) in [5.41, 5.74) is 5.26. The van der Waals surface area contributed by atoms with Crippen LogP contribution in [0.25, 0.3) is 12.2 Å². The number of hydrogen-bond donors (Lipinski definition) is 0. The van der Waals surface area contributed by atoms with Crippen LogP contribution in [0.5, 0.6) is 0 Å². The summed E-state index contributed by atoms with van der Waals surface area (Å²) < 4.78 is 0. The van der Waals surface area contributed by atoms with Crippen LogP contribution in [0.15, 0.2) is 48.5 Å². The number of aryl methyl sites for hydroxylation is 2. The van der Waals surface area contributed by atoms with Crippen LogP contribution >= 0.6 is 0 Å². The SMILES string of the molecule is CCCCc1ccc(/C=C/c2ccc(C)cc2)cc1. The van der Waals surface area contributed by atoms with Gasteiger partial charge in [0, 0.05) is 0 Å². The fraction of sp³-hybridized carbons (Fsp3) is 0.263. The second kappa shape index (κ2) is 6.94. The summed E-state index contributed by atoms with van der Waals surface area (Å²) in [6.45, 7) is 4.35. The zero-order chi connectivity index (χ0) is 13.5. The minimum atomic E-state index is 1.19. The summed E-state index contributed by atoms with van der Waals surface area (Å²) in [6, 6.07) is 17.5. The van der Waals surface area contributed by atoms with Crippen molar-refractivity contribution in [1.29, 1.82) is 0 Å². The lowest BCUT2D eigenvalue weighted by Crippen LogP contribution is -1.84. The molecule has 0 spiro atoms. The molecule has 2 aromatic rings. The molecule has 2 aromatic carbocycles. The largest absolute Gasteiger partial charge is 0.0654 e. The van der Waals surface area contributed by atoms with Crippen LogP contribution in [0, 0.1) is 6.92 Å². The fourth-order valence-corrected chi connectivity index (χ4v) is 2.05. The Balaban J connectivity index is 2.00. The second-order valence-corrected chi connectivity index (χ2v) is 5.09. The maximum absolute atomic E-state index is 2.24. The van der Waals surface area contributed by atoms with E-state index in [1.807, 2.05) is 0 Å². The number of rotatable bonds is 5. The monoisotopic (exact) mass is 250 g/mol. The Hall–Kier alpha value is -1.82. The third-order valence-corrected chi connectivity index (χ3v) is 3.34. The molecule has 0 saturated carbocycles. The number of benzene rings is 2. The van der Waals surface area contributed by atoms with E-state index in [1.165, 1.54) is 41.5 Å². The van der Waals surface area contributed by atoms with Gasteiger partial charge in [0.25, 0.3) is 0 Å². The lowest BCUT2D eigenvalue weighted by Gasteiger charge is -2.00. The minimum absolute atomic E-state index is 1.19. The highest BCUT2D eigenvalue weighted by Gasteiger charge is 1.92. The van der Waals surface area contributed by atoms with Crippen molar-refractivity contribution in [3.8, 4) is 0 Å². The number of unbranched alkanes of at least 4 members (excludes halogenated alkanes) is 1. The smallest absolute Gasteiger partial charge is 0.0256 e. The van der Waals surface area contributed by atoms with E-state index in [1.54, 1.807) is 0 Å². The van der Waals surface area contributed by atoms with Crippen LogP contribution in [0.1, 0.15) is 42.0 Å². The third-order valence-electron chi connectivity index (χ3n) is 3.34. The van der Waals surface area contributed by atoms with Gasteiger partial charge in [-0.3, -0.25) is 0 Å². The second-order valence-electron chi connectivity index (χ2n) is 5.09. The first-order valence-electron chi connectivity index (χ1n) is 7.11. The minimum Gasteiger partial charge on any atom is -0.0654 e. The van der Waals surface area contributed by atoms with Gasteiger partial charge in [0.1, 0.15) is 0 Å². The number of hydrogen-bond acceptors (Lipinski definition) is 0. The Bertz CT molecular complexity index is 515. The van der Waals surface area contributed by atoms with Gasteiger partial charge in [-0.1, -0.05) is 79.6 Å². The van der Waals surface area contributed by atoms with Crippen molar-refractivity contribution >= 4 is 12.2 Å². The summed E-state index contributed by atoms with van der Waals surface area (Å²) in [7, 11) is 0. The molecule has 0 fully saturated rings. The molecule has 0 nitrogen and oxygen atoms in total. The molecule has 0 unspecified atom stereocenters. The van der Waals surface area contributed by atoms with Crippen molar-refractivity contribution in [3.63, 3.8) is 0 Å². The Labute approximate surface area is 116 Å². The van der Waals surface area contributed by atoms with Gasteiger partial charge in [0.2, 0.25) is 0 Å². The van der Waals surface area contributed by atoms with E-state index in [0.29, 0.717) is 0 Å². The molecule has 2 rings (SSSR count). The third kappa shape index (κ3) is 4.40. The van der Waals surface area contributed by atoms with Gasteiger partial charge in [-0.05, 0) is 36.5 Å². The quantitative estimate of drug-likeness (QED) is 0.614. The molecule has 0 amide bonds. The van der Waals surface area contributed by atoms with Crippen molar-refractivity contribution in [2.75, 3.05) is 0 Å². The molecule has 0 aliphatic carbocycles. The molecule has 0 heterocycles. The van der Waals surface area contributed by atoms with Crippen molar-refractivity contribution in [1.82, 2.24) is 0 Å². The Morgan fingerprint density at radius 3 is 1.84 bits per heavy atom. The standard InChI is InChI=1S/C19H22/c1-3-4-5-17-10-12-19(13-11-17)15-14-18-8-6-16(2)7-9-18/h6-15H,3-5H2,1-2H3/b15-14+. The summed E-state index contributed by atoms with van der Waals surface area (Å²) >= 11 is 0. The van der Waals surface area contributed by atoms with Crippen LogP contribution in [0.3, 0.4) is 0 Å². The molecule has 0 bridgehead atoms. The first-order valence-corrected chi connectivity index (χ1v) is 7.11. The van der Waals surface area contributed by atoms with Gasteiger partial charge in [-0.25, -0.2) is 0 Å². The van der Waals surface area contributed by atoms with Crippen LogP contribution in [-0.4, -0.2) is 0 Å². The van der Waals surface area contributed by atoms with Gasteiger partial charge >= 0.3 is 0 Å². The van der Waals surface area contributed by atoms with Crippen LogP contribution < -0.4 is 0 Å². The molecule has 98 valence electrons. The molecule has 19 heavy (non-hydrogen) atoms. The maximum Gasteiger partial charge on any atom is -0.0256 e. The average molecular weight is 250 g/mol. The van der Waals surface area contributed by atoms with Crippen LogP contribution in [0.2, 0.25) is 0 Å². The van der Waals surface area contributed by atoms with E-state index in [9.17, 15) is 0 Å². The molecule has 0 aromatic heterocycles. The highest BCUT2D eigenvalue weighted by Crippen LogP contribution is 2.12. The maximum atomic E-state index is 2.24. The van der Waals surface area contributed by atoms with E-state index in [-0.39, 0.29) is 0 Å². The fourth-order valence-electron chi connectivity index (χ4n) is 2.05. The van der Waals surface area contributed by atoms with Crippen LogP contribution in [-0.2, 0) is 6.42 Å². The van der Waals surface area contributed by atoms with Crippen molar-refractivity contribution in [3.05, 3.63) is 70.8 Å². The van der Waals surface area contributed by atoms with E-state index >= 15 is 0 Å². The molecular weight excluding hydrogens is 228 g/mol. The summed E-state index contributed by atoms with van der Waals surface area (Å²) in [5, 5.41) is 0. The van der Waals surface area contributed by atoms with E-state index in [2.05, 4.69) is 74.5 Å². The van der Waals surface area contributed by atoms with Gasteiger partial charge in [-0.15, -0.1) is 0 Å². The molecule has 0 aliphatic rings. The van der Waals surface area contributed by atoms with Crippen molar-refractivity contribution in [2.24, 2.45) is 0 Å². The average Bonchev–Trinajstić information content (AvgIpc) is 2.46. The van der Waals surface area contributed by atoms with Gasteiger partial charge in [0.05, 0.1) is 0 Å². The molecule has 0 aliphatic heterocycles.